The van der Waals surface area contributed by atoms with Crippen molar-refractivity contribution >= 4 is 0 Å². The highest BCUT2D eigenvalue weighted by Crippen LogP contribution is 2.35. The molecule has 0 saturated carbocycles. The number of aryl methyl sites for hydroxylation is 1. The summed E-state index contributed by atoms with van der Waals surface area (Å²) in [6, 6.07) is 6.60. The Kier molecular flexibility index (Phi) is 4.61. The van der Waals surface area contributed by atoms with E-state index >= 15 is 0 Å². The molecule has 0 saturated heterocycles. The number of hydrogen-bond acceptors (Lipinski definition) is 3. The Labute approximate surface area is 110 Å². The maximum Gasteiger partial charge on any atom is 0.127 e. The molecule has 1 aliphatic heterocycles. The Morgan fingerprint density at radius 2 is 2.28 bits per heavy atom. The van der Waals surface area contributed by atoms with E-state index in [4.69, 9.17) is 10.6 Å². The van der Waals surface area contributed by atoms with Crippen molar-refractivity contribution in [1.82, 2.24) is 5.43 Å². The van der Waals surface area contributed by atoms with Crippen LogP contribution in [-0.2, 0) is 6.42 Å². The van der Waals surface area contributed by atoms with Gasteiger partial charge in [0.2, 0.25) is 0 Å². The number of para-hydroxylation sites is 1. The van der Waals surface area contributed by atoms with Gasteiger partial charge >= 0.3 is 0 Å². The van der Waals surface area contributed by atoms with E-state index in [1.165, 1.54) is 17.5 Å². The van der Waals surface area contributed by atoms with Crippen molar-refractivity contribution in [3.05, 3.63) is 29.3 Å². The van der Waals surface area contributed by atoms with E-state index in [0.29, 0.717) is 5.92 Å². The minimum absolute atomic E-state index is 0.188. The summed E-state index contributed by atoms with van der Waals surface area (Å²) in [4.78, 5) is 0. The second-order valence-electron chi connectivity index (χ2n) is 5.26. The number of fused-ring (bicyclic) bond motifs is 1. The van der Waals surface area contributed by atoms with Gasteiger partial charge in [0.25, 0.3) is 0 Å². The average molecular weight is 248 g/mol. The van der Waals surface area contributed by atoms with Crippen molar-refractivity contribution in [3.8, 4) is 5.75 Å². The van der Waals surface area contributed by atoms with Crippen LogP contribution in [0.4, 0.5) is 0 Å². The first-order valence-electron chi connectivity index (χ1n) is 6.97. The van der Waals surface area contributed by atoms with Crippen molar-refractivity contribution in [2.75, 3.05) is 6.61 Å². The fourth-order valence-corrected chi connectivity index (χ4v) is 2.54. The van der Waals surface area contributed by atoms with Gasteiger partial charge in [0.05, 0.1) is 6.61 Å². The maximum absolute atomic E-state index is 5.86. The second kappa shape index (κ2) is 6.21. The Morgan fingerprint density at radius 1 is 1.44 bits per heavy atom. The van der Waals surface area contributed by atoms with Gasteiger partial charge in [0.1, 0.15) is 5.75 Å². The van der Waals surface area contributed by atoms with Gasteiger partial charge in [0.15, 0.2) is 0 Å². The summed E-state index contributed by atoms with van der Waals surface area (Å²) in [6.07, 6.45) is 4.45. The summed E-state index contributed by atoms with van der Waals surface area (Å²) < 4.78 is 5.86. The zero-order chi connectivity index (χ0) is 13.0. The lowest BCUT2D eigenvalue weighted by Crippen LogP contribution is -2.30. The zero-order valence-corrected chi connectivity index (χ0v) is 11.4. The van der Waals surface area contributed by atoms with Crippen LogP contribution < -0.4 is 16.0 Å². The summed E-state index contributed by atoms with van der Waals surface area (Å²) in [5, 5.41) is 0. The van der Waals surface area contributed by atoms with Gasteiger partial charge in [0, 0.05) is 11.6 Å². The van der Waals surface area contributed by atoms with Gasteiger partial charge in [-0.1, -0.05) is 38.5 Å². The first kappa shape index (κ1) is 13.4. The summed E-state index contributed by atoms with van der Waals surface area (Å²) >= 11 is 0. The first-order valence-corrected chi connectivity index (χ1v) is 6.97. The molecule has 0 fully saturated rings. The minimum Gasteiger partial charge on any atom is -0.493 e. The molecule has 1 aromatic rings. The predicted molar refractivity (Wildman–Crippen MR) is 74.4 cm³/mol. The van der Waals surface area contributed by atoms with Gasteiger partial charge in [-0.05, 0) is 30.7 Å². The van der Waals surface area contributed by atoms with Gasteiger partial charge in [-0.3, -0.25) is 11.3 Å². The molecule has 0 aromatic heterocycles. The monoisotopic (exact) mass is 248 g/mol. The van der Waals surface area contributed by atoms with Crippen molar-refractivity contribution in [2.45, 2.75) is 45.6 Å². The molecule has 0 amide bonds. The Hall–Kier alpha value is -1.06. The molecule has 0 radical (unpaired) electrons. The van der Waals surface area contributed by atoms with Gasteiger partial charge in [-0.15, -0.1) is 0 Å². The van der Waals surface area contributed by atoms with Crippen LogP contribution in [0.3, 0.4) is 0 Å². The van der Waals surface area contributed by atoms with Gasteiger partial charge < -0.3 is 4.74 Å². The third-order valence-corrected chi connectivity index (χ3v) is 3.88. The number of rotatable bonds is 5. The van der Waals surface area contributed by atoms with E-state index in [1.54, 1.807) is 0 Å². The Balaban J connectivity index is 2.24. The molecule has 0 spiro atoms. The molecule has 3 heteroatoms. The molecule has 2 rings (SSSR count). The van der Waals surface area contributed by atoms with Crippen molar-refractivity contribution in [2.24, 2.45) is 11.8 Å². The van der Waals surface area contributed by atoms with Gasteiger partial charge in [-0.25, -0.2) is 0 Å². The first-order chi connectivity index (χ1) is 8.76. The maximum atomic E-state index is 5.86. The largest absolute Gasteiger partial charge is 0.493 e. The molecule has 0 bridgehead atoms. The van der Waals surface area contributed by atoms with E-state index in [9.17, 15) is 0 Å². The number of nitrogens with one attached hydrogen (secondary N) is 1. The summed E-state index contributed by atoms with van der Waals surface area (Å²) in [5.41, 5.74) is 5.49. The molecule has 0 aliphatic carbocycles. The van der Waals surface area contributed by atoms with E-state index in [2.05, 4.69) is 37.5 Å². The van der Waals surface area contributed by atoms with Crippen LogP contribution in [0.1, 0.15) is 50.3 Å². The SMILES string of the molecule is CCC(C)CC(NN)c1cccc2c1OCCC2. The molecule has 1 aromatic carbocycles. The number of hydrazine groups is 1. The highest BCUT2D eigenvalue weighted by atomic mass is 16.5. The van der Waals surface area contributed by atoms with E-state index in [1.807, 2.05) is 0 Å². The molecule has 100 valence electrons. The molecule has 2 atom stereocenters. The standard InChI is InChI=1S/C15H24N2O/c1-3-11(2)10-14(17-16)13-8-4-6-12-7-5-9-18-15(12)13/h4,6,8,11,14,17H,3,5,7,9-10,16H2,1-2H3. The Morgan fingerprint density at radius 3 is 3.00 bits per heavy atom. The third kappa shape index (κ3) is 2.85. The molecule has 18 heavy (non-hydrogen) atoms. The fraction of sp³-hybridized carbons (Fsp3) is 0.600. The van der Waals surface area contributed by atoms with Crippen LogP contribution in [0.2, 0.25) is 0 Å². The predicted octanol–water partition coefficient (Wildman–Crippen LogP) is 2.95. The Bertz CT molecular complexity index is 392. The summed E-state index contributed by atoms with van der Waals surface area (Å²) in [5.74, 6) is 7.46. The number of ether oxygens (including phenoxy) is 1. The number of benzene rings is 1. The van der Waals surface area contributed by atoms with Crippen LogP contribution >= 0.6 is 0 Å². The zero-order valence-electron chi connectivity index (χ0n) is 11.4. The van der Waals surface area contributed by atoms with Crippen LogP contribution in [0.15, 0.2) is 18.2 Å². The molecular weight excluding hydrogens is 224 g/mol. The average Bonchev–Trinajstić information content (AvgIpc) is 2.44. The lowest BCUT2D eigenvalue weighted by molar-refractivity contribution is 0.278. The van der Waals surface area contributed by atoms with Gasteiger partial charge in [-0.2, -0.15) is 0 Å². The number of nitrogens with two attached hydrogens (primary N) is 1. The highest BCUT2D eigenvalue weighted by molar-refractivity contribution is 5.44. The molecule has 1 aliphatic rings. The molecule has 3 N–H and O–H groups in total. The van der Waals surface area contributed by atoms with E-state index in [-0.39, 0.29) is 6.04 Å². The van der Waals surface area contributed by atoms with E-state index in [0.717, 1.165) is 31.6 Å². The molecular formula is C15H24N2O. The summed E-state index contributed by atoms with van der Waals surface area (Å²) in [7, 11) is 0. The van der Waals surface area contributed by atoms with Crippen molar-refractivity contribution in [3.63, 3.8) is 0 Å². The topological polar surface area (TPSA) is 47.3 Å². The fourth-order valence-electron chi connectivity index (χ4n) is 2.54. The lowest BCUT2D eigenvalue weighted by Gasteiger charge is -2.26. The second-order valence-corrected chi connectivity index (χ2v) is 5.26. The van der Waals surface area contributed by atoms with Crippen LogP contribution in [0, 0.1) is 5.92 Å². The van der Waals surface area contributed by atoms with Crippen molar-refractivity contribution < 1.29 is 4.74 Å². The normalized spacial score (nSPS) is 17.7. The molecule has 2 unspecified atom stereocenters. The molecule has 3 nitrogen and oxygen atoms in total. The highest BCUT2D eigenvalue weighted by Gasteiger charge is 2.21. The number of hydrogen-bond donors (Lipinski definition) is 2. The minimum atomic E-state index is 0.188. The quantitative estimate of drug-likeness (QED) is 0.622. The summed E-state index contributed by atoms with van der Waals surface area (Å²) in [6.45, 7) is 5.31. The smallest absolute Gasteiger partial charge is 0.127 e. The van der Waals surface area contributed by atoms with Crippen LogP contribution in [0.5, 0.6) is 5.75 Å². The molecule has 1 heterocycles. The van der Waals surface area contributed by atoms with Crippen LogP contribution in [-0.4, -0.2) is 6.61 Å². The third-order valence-electron chi connectivity index (χ3n) is 3.88. The lowest BCUT2D eigenvalue weighted by atomic mass is 9.91. The van der Waals surface area contributed by atoms with Crippen LogP contribution in [0.25, 0.3) is 0 Å². The van der Waals surface area contributed by atoms with E-state index < -0.39 is 0 Å². The van der Waals surface area contributed by atoms with Crippen molar-refractivity contribution in [1.29, 1.82) is 0 Å².